The van der Waals surface area contributed by atoms with E-state index in [9.17, 15) is 0 Å². The molecule has 0 bridgehead atoms. The molecule has 1 aromatic carbocycles. The van der Waals surface area contributed by atoms with Gasteiger partial charge in [0.15, 0.2) is 0 Å². The number of aryl methyl sites for hydroxylation is 1. The maximum atomic E-state index is 3.87. The molecule has 0 fully saturated rings. The molecule has 0 aliphatic carbocycles. The molecule has 0 saturated carbocycles. The molecule has 0 aliphatic heterocycles. The molecule has 0 N–H and O–H groups in total. The van der Waals surface area contributed by atoms with Crippen LogP contribution in [-0.4, -0.2) is 3.97 Å². The summed E-state index contributed by atoms with van der Waals surface area (Å²) >= 11 is 1.70. The highest BCUT2D eigenvalue weighted by Crippen LogP contribution is 2.28. The van der Waals surface area contributed by atoms with E-state index in [2.05, 4.69) is 42.3 Å². The fourth-order valence-electron chi connectivity index (χ4n) is 1.74. The number of aromatic nitrogens is 1. The highest BCUT2D eigenvalue weighted by atomic mass is 32.2. The fourth-order valence-corrected chi connectivity index (χ4v) is 2.70. The van der Waals surface area contributed by atoms with Crippen LogP contribution in [-0.2, 0) is 0 Å². The zero-order valence-corrected chi connectivity index (χ0v) is 10.7. The van der Waals surface area contributed by atoms with Crippen LogP contribution < -0.4 is 0 Å². The third-order valence-electron chi connectivity index (χ3n) is 2.55. The molecule has 2 heteroatoms. The van der Waals surface area contributed by atoms with E-state index in [1.165, 1.54) is 10.6 Å². The second-order valence-corrected chi connectivity index (χ2v) is 4.75. The van der Waals surface area contributed by atoms with Crippen molar-refractivity contribution in [2.75, 3.05) is 0 Å². The standard InChI is InChI=1S/C15H15NS/c1-4-13-11-12(3)16(15(13)5-2)17-14-9-7-6-8-10-14/h4-11H,1-2H2,3H3. The second-order valence-electron chi connectivity index (χ2n) is 3.73. The van der Waals surface area contributed by atoms with E-state index in [1.54, 1.807) is 11.9 Å². The van der Waals surface area contributed by atoms with Gasteiger partial charge >= 0.3 is 0 Å². The van der Waals surface area contributed by atoms with Gasteiger partial charge in [0, 0.05) is 16.2 Å². The van der Waals surface area contributed by atoms with Gasteiger partial charge in [-0.2, -0.15) is 0 Å². The van der Waals surface area contributed by atoms with Crippen LogP contribution in [0.15, 0.2) is 54.5 Å². The lowest BCUT2D eigenvalue weighted by Crippen LogP contribution is -1.92. The van der Waals surface area contributed by atoms with Crippen LogP contribution in [0.3, 0.4) is 0 Å². The van der Waals surface area contributed by atoms with Crippen LogP contribution in [0.1, 0.15) is 17.0 Å². The van der Waals surface area contributed by atoms with Crippen molar-refractivity contribution < 1.29 is 0 Å². The molecule has 0 atom stereocenters. The summed E-state index contributed by atoms with van der Waals surface area (Å²) in [5.74, 6) is 0. The van der Waals surface area contributed by atoms with Crippen molar-refractivity contribution in [3.63, 3.8) is 0 Å². The summed E-state index contributed by atoms with van der Waals surface area (Å²) in [7, 11) is 0. The van der Waals surface area contributed by atoms with E-state index in [0.29, 0.717) is 0 Å². The maximum absolute atomic E-state index is 3.87. The summed E-state index contributed by atoms with van der Waals surface area (Å²) in [5.41, 5.74) is 3.43. The van der Waals surface area contributed by atoms with Gasteiger partial charge in [-0.3, -0.25) is 3.97 Å². The van der Waals surface area contributed by atoms with Crippen LogP contribution in [0, 0.1) is 6.92 Å². The highest BCUT2D eigenvalue weighted by Gasteiger charge is 2.09. The van der Waals surface area contributed by atoms with Crippen LogP contribution in [0.4, 0.5) is 0 Å². The molecule has 0 radical (unpaired) electrons. The van der Waals surface area contributed by atoms with E-state index < -0.39 is 0 Å². The molecule has 1 nitrogen and oxygen atoms in total. The highest BCUT2D eigenvalue weighted by molar-refractivity contribution is 7.98. The minimum Gasteiger partial charge on any atom is -0.284 e. The van der Waals surface area contributed by atoms with Crippen molar-refractivity contribution in [1.29, 1.82) is 0 Å². The van der Waals surface area contributed by atoms with E-state index in [-0.39, 0.29) is 0 Å². The van der Waals surface area contributed by atoms with Gasteiger partial charge in [0.2, 0.25) is 0 Å². The summed E-state index contributed by atoms with van der Waals surface area (Å²) in [6.07, 6.45) is 3.74. The van der Waals surface area contributed by atoms with Crippen LogP contribution in [0.2, 0.25) is 0 Å². The Hall–Kier alpha value is -1.67. The minimum atomic E-state index is 1.10. The molecule has 1 heterocycles. The molecule has 0 saturated heterocycles. The molecule has 2 rings (SSSR count). The third kappa shape index (κ3) is 2.37. The summed E-state index contributed by atoms with van der Waals surface area (Å²) in [5, 5.41) is 0. The molecule has 17 heavy (non-hydrogen) atoms. The largest absolute Gasteiger partial charge is 0.284 e. The predicted molar refractivity (Wildman–Crippen MR) is 77.0 cm³/mol. The van der Waals surface area contributed by atoms with Gasteiger partial charge in [-0.25, -0.2) is 0 Å². The van der Waals surface area contributed by atoms with Gasteiger partial charge in [-0.05, 0) is 43.1 Å². The Morgan fingerprint density at radius 2 is 1.82 bits per heavy atom. The predicted octanol–water partition coefficient (Wildman–Crippen LogP) is 4.64. The zero-order chi connectivity index (χ0) is 12.3. The van der Waals surface area contributed by atoms with Crippen molar-refractivity contribution in [3.05, 3.63) is 66.5 Å². The number of hydrogen-bond donors (Lipinski definition) is 0. The molecular weight excluding hydrogens is 226 g/mol. The zero-order valence-electron chi connectivity index (χ0n) is 9.89. The van der Waals surface area contributed by atoms with Crippen LogP contribution in [0.5, 0.6) is 0 Å². The number of nitrogens with zero attached hydrogens (tertiary/aromatic N) is 1. The van der Waals surface area contributed by atoms with Gasteiger partial charge in [-0.15, -0.1) is 0 Å². The monoisotopic (exact) mass is 241 g/mol. The second kappa shape index (κ2) is 5.11. The molecule has 0 amide bonds. The Bertz CT molecular complexity index is 538. The smallest absolute Gasteiger partial charge is 0.0591 e. The summed E-state index contributed by atoms with van der Waals surface area (Å²) in [4.78, 5) is 1.21. The van der Waals surface area contributed by atoms with E-state index in [4.69, 9.17) is 0 Å². The average Bonchev–Trinajstić information content (AvgIpc) is 2.67. The van der Waals surface area contributed by atoms with E-state index in [0.717, 1.165) is 11.3 Å². The molecule has 2 aromatic rings. The summed E-state index contributed by atoms with van der Waals surface area (Å²) in [6, 6.07) is 12.4. The first-order valence-electron chi connectivity index (χ1n) is 5.47. The minimum absolute atomic E-state index is 1.10. The normalized spacial score (nSPS) is 10.2. The molecule has 1 aromatic heterocycles. The SMILES string of the molecule is C=Cc1cc(C)n(Sc2ccccc2)c1C=C. The lowest BCUT2D eigenvalue weighted by Gasteiger charge is -2.08. The number of hydrogen-bond acceptors (Lipinski definition) is 1. The Balaban J connectivity index is 2.42. The first kappa shape index (κ1) is 11.8. The van der Waals surface area contributed by atoms with Gasteiger partial charge in [-0.1, -0.05) is 37.4 Å². The lowest BCUT2D eigenvalue weighted by molar-refractivity contribution is 1.15. The lowest BCUT2D eigenvalue weighted by atomic mass is 10.2. The molecule has 0 aliphatic rings. The summed E-state index contributed by atoms with van der Waals surface area (Å²) in [6.45, 7) is 9.80. The molecular formula is C15H15NS. The van der Waals surface area contributed by atoms with Crippen molar-refractivity contribution >= 4 is 24.1 Å². The molecule has 86 valence electrons. The summed E-state index contributed by atoms with van der Waals surface area (Å²) < 4.78 is 2.18. The van der Waals surface area contributed by atoms with Gasteiger partial charge < -0.3 is 0 Å². The third-order valence-corrected chi connectivity index (χ3v) is 3.70. The Labute approximate surface area is 107 Å². The van der Waals surface area contributed by atoms with Crippen LogP contribution >= 0.6 is 11.9 Å². The molecule has 0 unspecified atom stereocenters. The van der Waals surface area contributed by atoms with Gasteiger partial charge in [0.1, 0.15) is 0 Å². The maximum Gasteiger partial charge on any atom is 0.0591 e. The van der Waals surface area contributed by atoms with Gasteiger partial charge in [0.25, 0.3) is 0 Å². The first-order valence-corrected chi connectivity index (χ1v) is 6.24. The van der Waals surface area contributed by atoms with Crippen LogP contribution in [0.25, 0.3) is 12.2 Å². The number of benzene rings is 1. The van der Waals surface area contributed by atoms with Crippen molar-refractivity contribution in [3.8, 4) is 0 Å². The number of rotatable bonds is 4. The van der Waals surface area contributed by atoms with Gasteiger partial charge in [0.05, 0.1) is 5.69 Å². The van der Waals surface area contributed by atoms with Crippen molar-refractivity contribution in [2.24, 2.45) is 0 Å². The first-order chi connectivity index (χ1) is 8.26. The van der Waals surface area contributed by atoms with Crippen molar-refractivity contribution in [1.82, 2.24) is 3.97 Å². The Morgan fingerprint density at radius 3 is 2.41 bits per heavy atom. The molecule has 0 spiro atoms. The van der Waals surface area contributed by atoms with E-state index >= 15 is 0 Å². The van der Waals surface area contributed by atoms with Crippen molar-refractivity contribution in [2.45, 2.75) is 11.8 Å². The Morgan fingerprint density at radius 1 is 1.12 bits per heavy atom. The Kier molecular flexibility index (Phi) is 3.55. The topological polar surface area (TPSA) is 4.93 Å². The average molecular weight is 241 g/mol. The van der Waals surface area contributed by atoms with E-state index in [1.807, 2.05) is 30.4 Å². The quantitative estimate of drug-likeness (QED) is 0.755. The fraction of sp³-hybridized carbons (Fsp3) is 0.0667.